The first-order chi connectivity index (χ1) is 12.4. The first-order valence-corrected chi connectivity index (χ1v) is 8.82. The highest BCUT2D eigenvalue weighted by molar-refractivity contribution is 5.96. The van der Waals surface area contributed by atoms with Gasteiger partial charge in [-0.05, 0) is 31.5 Å². The van der Waals surface area contributed by atoms with Gasteiger partial charge in [0, 0.05) is 44.6 Å². The summed E-state index contributed by atoms with van der Waals surface area (Å²) >= 11 is 0. The summed E-state index contributed by atoms with van der Waals surface area (Å²) in [4.78, 5) is 28.7. The van der Waals surface area contributed by atoms with E-state index < -0.39 is 0 Å². The average Bonchev–Trinajstić information content (AvgIpc) is 2.90. The van der Waals surface area contributed by atoms with Crippen LogP contribution < -0.4 is 0 Å². The Morgan fingerprint density at radius 1 is 1.04 bits per heavy atom. The molecule has 6 heteroatoms. The van der Waals surface area contributed by atoms with E-state index in [-0.39, 0.29) is 24.1 Å². The van der Waals surface area contributed by atoms with Crippen molar-refractivity contribution in [1.82, 2.24) is 14.4 Å². The Morgan fingerprint density at radius 3 is 2.23 bits per heavy atom. The number of piperazine rings is 1. The van der Waals surface area contributed by atoms with Crippen molar-refractivity contribution in [2.45, 2.75) is 20.3 Å². The van der Waals surface area contributed by atoms with E-state index in [9.17, 15) is 14.0 Å². The third-order valence-corrected chi connectivity index (χ3v) is 5.22. The maximum absolute atomic E-state index is 13.7. The fraction of sp³-hybridized carbons (Fsp3) is 0.400. The lowest BCUT2D eigenvalue weighted by Gasteiger charge is -2.35. The van der Waals surface area contributed by atoms with E-state index in [1.807, 2.05) is 31.5 Å². The molecule has 0 N–H and O–H groups in total. The van der Waals surface area contributed by atoms with Crippen LogP contribution >= 0.6 is 0 Å². The Bertz CT molecular complexity index is 836. The molecule has 1 aliphatic heterocycles. The topological polar surface area (TPSA) is 45.6 Å². The minimum Gasteiger partial charge on any atom is -0.351 e. The van der Waals surface area contributed by atoms with Crippen molar-refractivity contribution < 1.29 is 14.0 Å². The van der Waals surface area contributed by atoms with Gasteiger partial charge in [0.1, 0.15) is 5.82 Å². The van der Waals surface area contributed by atoms with Crippen LogP contribution in [0, 0.1) is 19.7 Å². The summed E-state index contributed by atoms with van der Waals surface area (Å²) in [5, 5.41) is 0. The van der Waals surface area contributed by atoms with Crippen molar-refractivity contribution in [3.63, 3.8) is 0 Å². The Balaban J connectivity index is 1.60. The zero-order chi connectivity index (χ0) is 18.8. The molecule has 1 aliphatic rings. The fourth-order valence-electron chi connectivity index (χ4n) is 3.32. The molecule has 3 rings (SSSR count). The lowest BCUT2D eigenvalue weighted by Crippen LogP contribution is -2.51. The summed E-state index contributed by atoms with van der Waals surface area (Å²) < 4.78 is 15.7. The number of hydrogen-bond donors (Lipinski definition) is 0. The Labute approximate surface area is 153 Å². The Hall–Kier alpha value is -2.63. The van der Waals surface area contributed by atoms with Gasteiger partial charge in [0.2, 0.25) is 5.91 Å². The number of hydrogen-bond acceptors (Lipinski definition) is 2. The van der Waals surface area contributed by atoms with Crippen LogP contribution in [0.15, 0.2) is 30.3 Å². The summed E-state index contributed by atoms with van der Waals surface area (Å²) in [5.41, 5.74) is 3.12. The lowest BCUT2D eigenvalue weighted by atomic mass is 10.1. The summed E-state index contributed by atoms with van der Waals surface area (Å²) in [6.07, 6.45) is 0.0532. The molecule has 0 atom stereocenters. The second kappa shape index (κ2) is 7.32. The number of nitrogens with zero attached hydrogens (tertiary/aromatic N) is 3. The molecule has 1 aromatic carbocycles. The molecule has 1 saturated heterocycles. The van der Waals surface area contributed by atoms with Crippen LogP contribution in [-0.2, 0) is 18.3 Å². The largest absolute Gasteiger partial charge is 0.351 e. The van der Waals surface area contributed by atoms with E-state index in [4.69, 9.17) is 0 Å². The van der Waals surface area contributed by atoms with Gasteiger partial charge in [-0.1, -0.05) is 18.2 Å². The zero-order valence-electron chi connectivity index (χ0n) is 15.5. The predicted molar refractivity (Wildman–Crippen MR) is 97.5 cm³/mol. The van der Waals surface area contributed by atoms with Crippen molar-refractivity contribution in [3.8, 4) is 0 Å². The third-order valence-electron chi connectivity index (χ3n) is 5.22. The molecule has 0 bridgehead atoms. The monoisotopic (exact) mass is 357 g/mol. The van der Waals surface area contributed by atoms with Crippen LogP contribution in [0.3, 0.4) is 0 Å². The van der Waals surface area contributed by atoms with Crippen LogP contribution in [0.4, 0.5) is 4.39 Å². The van der Waals surface area contributed by atoms with Gasteiger partial charge >= 0.3 is 0 Å². The van der Waals surface area contributed by atoms with Gasteiger partial charge in [0.25, 0.3) is 5.91 Å². The molecule has 0 spiro atoms. The summed E-state index contributed by atoms with van der Waals surface area (Å²) in [6.45, 7) is 5.86. The number of rotatable bonds is 3. The molecule has 2 heterocycles. The summed E-state index contributed by atoms with van der Waals surface area (Å²) in [7, 11) is 1.95. The molecule has 1 fully saturated rings. The molecular weight excluding hydrogens is 333 g/mol. The maximum atomic E-state index is 13.7. The molecule has 2 aromatic rings. The van der Waals surface area contributed by atoms with Crippen molar-refractivity contribution in [2.24, 2.45) is 7.05 Å². The zero-order valence-corrected chi connectivity index (χ0v) is 15.5. The van der Waals surface area contributed by atoms with Crippen LogP contribution in [0.25, 0.3) is 0 Å². The Kier molecular flexibility index (Phi) is 5.11. The number of benzene rings is 1. The highest BCUT2D eigenvalue weighted by Gasteiger charge is 2.27. The van der Waals surface area contributed by atoms with Gasteiger partial charge in [-0.15, -0.1) is 0 Å². The normalized spacial score (nSPS) is 14.6. The highest BCUT2D eigenvalue weighted by atomic mass is 19.1. The van der Waals surface area contributed by atoms with Crippen LogP contribution in [0.5, 0.6) is 0 Å². The fourth-order valence-corrected chi connectivity index (χ4v) is 3.32. The van der Waals surface area contributed by atoms with E-state index in [1.54, 1.807) is 28.0 Å². The molecule has 5 nitrogen and oxygen atoms in total. The maximum Gasteiger partial charge on any atom is 0.255 e. The van der Waals surface area contributed by atoms with Gasteiger partial charge < -0.3 is 14.4 Å². The molecule has 0 saturated carbocycles. The van der Waals surface area contributed by atoms with E-state index in [2.05, 4.69) is 0 Å². The molecule has 138 valence electrons. The molecule has 0 unspecified atom stereocenters. The van der Waals surface area contributed by atoms with E-state index in [1.165, 1.54) is 6.07 Å². The molecular formula is C20H24FN3O2. The smallest absolute Gasteiger partial charge is 0.255 e. The van der Waals surface area contributed by atoms with Crippen LogP contribution in [0.1, 0.15) is 27.3 Å². The Morgan fingerprint density at radius 2 is 1.65 bits per heavy atom. The average molecular weight is 357 g/mol. The van der Waals surface area contributed by atoms with Crippen molar-refractivity contribution in [1.29, 1.82) is 0 Å². The molecule has 2 amide bonds. The number of aryl methyl sites for hydroxylation is 1. The van der Waals surface area contributed by atoms with E-state index >= 15 is 0 Å². The number of halogens is 1. The van der Waals surface area contributed by atoms with Crippen molar-refractivity contribution in [2.75, 3.05) is 26.2 Å². The molecule has 1 aromatic heterocycles. The van der Waals surface area contributed by atoms with Crippen molar-refractivity contribution in [3.05, 3.63) is 58.7 Å². The number of aromatic nitrogens is 1. The molecule has 0 radical (unpaired) electrons. The van der Waals surface area contributed by atoms with E-state index in [0.717, 1.165) is 17.0 Å². The molecule has 26 heavy (non-hydrogen) atoms. The van der Waals surface area contributed by atoms with Crippen LogP contribution in [-0.4, -0.2) is 52.4 Å². The number of amides is 2. The van der Waals surface area contributed by atoms with Gasteiger partial charge in [-0.3, -0.25) is 9.59 Å². The third kappa shape index (κ3) is 3.49. The van der Waals surface area contributed by atoms with Gasteiger partial charge in [-0.25, -0.2) is 4.39 Å². The van der Waals surface area contributed by atoms with E-state index in [0.29, 0.717) is 31.7 Å². The number of carbonyl (C=O) groups is 2. The number of carbonyl (C=O) groups excluding carboxylic acids is 2. The van der Waals surface area contributed by atoms with Gasteiger partial charge in [0.05, 0.1) is 12.0 Å². The minimum atomic E-state index is -0.357. The van der Waals surface area contributed by atoms with Gasteiger partial charge in [0.15, 0.2) is 0 Å². The van der Waals surface area contributed by atoms with Gasteiger partial charge in [-0.2, -0.15) is 0 Å². The molecule has 0 aliphatic carbocycles. The first-order valence-electron chi connectivity index (χ1n) is 8.82. The summed E-state index contributed by atoms with van der Waals surface area (Å²) in [6, 6.07) is 8.25. The standard InChI is InChI=1S/C20H24FN3O2/c1-14-12-17(15(2)22(14)3)20(26)24-10-8-23(9-11-24)19(25)13-16-6-4-5-7-18(16)21/h4-7,12H,8-11,13H2,1-3H3. The summed E-state index contributed by atoms with van der Waals surface area (Å²) in [5.74, 6) is -0.453. The predicted octanol–water partition coefficient (Wildman–Crippen LogP) is 2.31. The van der Waals surface area contributed by atoms with Crippen molar-refractivity contribution >= 4 is 11.8 Å². The second-order valence-corrected chi connectivity index (χ2v) is 6.78. The van der Waals surface area contributed by atoms with Crippen LogP contribution in [0.2, 0.25) is 0 Å². The quantitative estimate of drug-likeness (QED) is 0.846. The SMILES string of the molecule is Cc1cc(C(=O)N2CCN(C(=O)Cc3ccccc3F)CC2)c(C)n1C. The minimum absolute atomic E-state index is 0.00685. The highest BCUT2D eigenvalue weighted by Crippen LogP contribution is 2.17. The lowest BCUT2D eigenvalue weighted by molar-refractivity contribution is -0.132. The second-order valence-electron chi connectivity index (χ2n) is 6.78. The first kappa shape index (κ1) is 18.2.